The van der Waals surface area contributed by atoms with E-state index in [2.05, 4.69) is 11.8 Å². The van der Waals surface area contributed by atoms with Crippen LogP contribution in [0.2, 0.25) is 0 Å². The Morgan fingerprint density at radius 2 is 2.12 bits per heavy atom. The third-order valence-corrected chi connectivity index (χ3v) is 2.73. The molecule has 0 aliphatic rings. The molecule has 0 amide bonds. The van der Waals surface area contributed by atoms with Gasteiger partial charge in [0.2, 0.25) is 0 Å². The lowest BCUT2D eigenvalue weighted by atomic mass is 10.1. The zero-order chi connectivity index (χ0) is 12.8. The Hall–Kier alpha value is -1.73. The maximum atomic E-state index is 10.8. The number of rotatable bonds is 2. The number of aryl methyl sites for hydroxylation is 1. The van der Waals surface area contributed by atoms with E-state index in [0.29, 0.717) is 11.3 Å². The summed E-state index contributed by atoms with van der Waals surface area (Å²) in [6.07, 6.45) is 0. The second-order valence-electron chi connectivity index (χ2n) is 3.42. The first kappa shape index (κ1) is 13.3. The van der Waals surface area contributed by atoms with E-state index in [0.717, 1.165) is 17.3 Å². The second-order valence-corrected chi connectivity index (χ2v) is 4.57. The van der Waals surface area contributed by atoms with Gasteiger partial charge in [-0.15, -0.1) is 0 Å². The fourth-order valence-corrected chi connectivity index (χ4v) is 1.60. The van der Waals surface area contributed by atoms with Crippen LogP contribution in [0.1, 0.15) is 28.4 Å². The number of aromatic carboxylic acids is 1. The summed E-state index contributed by atoms with van der Waals surface area (Å²) in [5.74, 6) is 5.26. The van der Waals surface area contributed by atoms with E-state index in [-0.39, 0.29) is 10.7 Å². The number of benzene rings is 1. The highest BCUT2D eigenvalue weighted by Crippen LogP contribution is 2.10. The maximum Gasteiger partial charge on any atom is 0.335 e. The van der Waals surface area contributed by atoms with E-state index >= 15 is 0 Å². The Morgan fingerprint density at radius 1 is 1.41 bits per heavy atom. The molecule has 0 aliphatic carbocycles. The minimum atomic E-state index is -0.936. The molecule has 0 heterocycles. The number of carbonyl (C=O) groups is 2. The Balaban J connectivity index is 2.77. The van der Waals surface area contributed by atoms with Crippen molar-refractivity contribution in [2.45, 2.75) is 13.8 Å². The lowest BCUT2D eigenvalue weighted by Crippen LogP contribution is -1.99. The van der Waals surface area contributed by atoms with Crippen molar-refractivity contribution in [1.29, 1.82) is 0 Å². The highest BCUT2D eigenvalue weighted by Gasteiger charge is 2.05. The lowest BCUT2D eigenvalue weighted by molar-refractivity contribution is -0.109. The molecule has 0 aliphatic heterocycles. The van der Waals surface area contributed by atoms with Gasteiger partial charge in [0.05, 0.1) is 11.3 Å². The van der Waals surface area contributed by atoms with Crippen molar-refractivity contribution < 1.29 is 14.7 Å². The van der Waals surface area contributed by atoms with Crippen LogP contribution >= 0.6 is 11.8 Å². The second kappa shape index (κ2) is 6.12. The van der Waals surface area contributed by atoms with Gasteiger partial charge in [-0.3, -0.25) is 4.79 Å². The van der Waals surface area contributed by atoms with Crippen molar-refractivity contribution in [3.05, 3.63) is 34.9 Å². The fourth-order valence-electron chi connectivity index (χ4n) is 1.26. The van der Waals surface area contributed by atoms with E-state index in [1.807, 2.05) is 0 Å². The Morgan fingerprint density at radius 3 is 2.65 bits per heavy atom. The average molecular weight is 248 g/mol. The van der Waals surface area contributed by atoms with Crippen molar-refractivity contribution >= 4 is 22.8 Å². The van der Waals surface area contributed by atoms with Gasteiger partial charge < -0.3 is 5.11 Å². The Bertz CT molecular complexity index is 509. The molecule has 1 rings (SSSR count). The molecule has 0 unspecified atom stereocenters. The van der Waals surface area contributed by atoms with Gasteiger partial charge in [-0.05, 0) is 30.7 Å². The van der Waals surface area contributed by atoms with Crippen LogP contribution in [0, 0.1) is 18.8 Å². The third-order valence-electron chi connectivity index (χ3n) is 2.04. The minimum absolute atomic E-state index is 0.0386. The van der Waals surface area contributed by atoms with Crippen molar-refractivity contribution in [1.82, 2.24) is 0 Å². The van der Waals surface area contributed by atoms with Gasteiger partial charge in [-0.2, -0.15) is 0 Å². The summed E-state index contributed by atoms with van der Waals surface area (Å²) < 4.78 is 0. The van der Waals surface area contributed by atoms with Crippen LogP contribution in [0.4, 0.5) is 0 Å². The molecular formula is C13H12O3S. The molecule has 0 radical (unpaired) electrons. The van der Waals surface area contributed by atoms with Crippen molar-refractivity contribution in [2.24, 2.45) is 0 Å². The van der Waals surface area contributed by atoms with Gasteiger partial charge in [0, 0.05) is 12.5 Å². The first-order valence-electron chi connectivity index (χ1n) is 4.97. The van der Waals surface area contributed by atoms with Gasteiger partial charge in [0.25, 0.3) is 0 Å². The van der Waals surface area contributed by atoms with Gasteiger partial charge in [-0.1, -0.05) is 23.6 Å². The van der Waals surface area contributed by atoms with Crippen molar-refractivity contribution in [3.8, 4) is 11.8 Å². The third kappa shape index (κ3) is 4.33. The summed E-state index contributed by atoms with van der Waals surface area (Å²) >= 11 is 1.16. The average Bonchev–Trinajstić information content (AvgIpc) is 2.23. The largest absolute Gasteiger partial charge is 0.478 e. The highest BCUT2D eigenvalue weighted by molar-refractivity contribution is 8.13. The van der Waals surface area contributed by atoms with Crippen LogP contribution in [0.25, 0.3) is 0 Å². The molecule has 0 aromatic heterocycles. The molecule has 0 atom stereocenters. The van der Waals surface area contributed by atoms with E-state index in [9.17, 15) is 9.59 Å². The smallest absolute Gasteiger partial charge is 0.335 e. The van der Waals surface area contributed by atoms with E-state index in [4.69, 9.17) is 5.11 Å². The van der Waals surface area contributed by atoms with Crippen molar-refractivity contribution in [3.63, 3.8) is 0 Å². The number of thioether (sulfide) groups is 1. The molecule has 4 heteroatoms. The normalized spacial score (nSPS) is 9.29. The molecule has 1 N–H and O–H groups in total. The van der Waals surface area contributed by atoms with Gasteiger partial charge >= 0.3 is 5.97 Å². The predicted molar refractivity (Wildman–Crippen MR) is 68.2 cm³/mol. The summed E-state index contributed by atoms with van der Waals surface area (Å²) in [7, 11) is 0. The summed E-state index contributed by atoms with van der Waals surface area (Å²) in [6, 6.07) is 4.94. The SMILES string of the molecule is CC(=O)SCC#Cc1ccc(C(=O)O)c(C)c1. The maximum absolute atomic E-state index is 10.8. The highest BCUT2D eigenvalue weighted by atomic mass is 32.2. The fraction of sp³-hybridized carbons (Fsp3) is 0.231. The first-order chi connectivity index (χ1) is 8.00. The predicted octanol–water partition coefficient (Wildman–Crippen LogP) is 2.32. The zero-order valence-corrected chi connectivity index (χ0v) is 10.4. The summed E-state index contributed by atoms with van der Waals surface area (Å²) in [6.45, 7) is 3.23. The molecule has 1 aromatic carbocycles. The first-order valence-corrected chi connectivity index (χ1v) is 5.95. The molecule has 1 aromatic rings. The molecule has 3 nitrogen and oxygen atoms in total. The quantitative estimate of drug-likeness (QED) is 0.816. The molecule has 0 fully saturated rings. The lowest BCUT2D eigenvalue weighted by Gasteiger charge is -2.00. The molecule has 0 bridgehead atoms. The summed E-state index contributed by atoms with van der Waals surface area (Å²) in [5.41, 5.74) is 1.73. The molecule has 0 saturated carbocycles. The van der Waals surface area contributed by atoms with E-state index < -0.39 is 5.97 Å². The topological polar surface area (TPSA) is 54.4 Å². The Kier molecular flexibility index (Phi) is 4.80. The van der Waals surface area contributed by atoms with Crippen LogP contribution in [-0.4, -0.2) is 21.9 Å². The number of carboxylic acids is 1. The standard InChI is InChI=1S/C13H12O3S/c1-9-8-11(4-3-7-17-10(2)14)5-6-12(9)13(15)16/h5-6,8H,7H2,1-2H3,(H,15,16). The zero-order valence-electron chi connectivity index (χ0n) is 9.61. The van der Waals surface area contributed by atoms with Crippen LogP contribution in [0.3, 0.4) is 0 Å². The van der Waals surface area contributed by atoms with Crippen LogP contribution in [0.15, 0.2) is 18.2 Å². The molecule has 88 valence electrons. The van der Waals surface area contributed by atoms with E-state index in [1.165, 1.54) is 6.92 Å². The summed E-state index contributed by atoms with van der Waals surface area (Å²) in [5, 5.41) is 8.89. The van der Waals surface area contributed by atoms with Crippen LogP contribution in [0.5, 0.6) is 0 Å². The monoisotopic (exact) mass is 248 g/mol. The molecule has 0 spiro atoms. The molecular weight excluding hydrogens is 236 g/mol. The number of carboxylic acid groups (broad SMARTS) is 1. The van der Waals surface area contributed by atoms with Crippen molar-refractivity contribution in [2.75, 3.05) is 5.75 Å². The number of hydrogen-bond donors (Lipinski definition) is 1. The number of carbonyl (C=O) groups excluding carboxylic acids is 1. The van der Waals surface area contributed by atoms with Gasteiger partial charge in [0.1, 0.15) is 0 Å². The summed E-state index contributed by atoms with van der Waals surface area (Å²) in [4.78, 5) is 21.5. The number of hydrogen-bond acceptors (Lipinski definition) is 3. The minimum Gasteiger partial charge on any atom is -0.478 e. The Labute approximate surface area is 104 Å². The molecule has 17 heavy (non-hydrogen) atoms. The van der Waals surface area contributed by atoms with Crippen LogP contribution in [-0.2, 0) is 4.79 Å². The van der Waals surface area contributed by atoms with Gasteiger partial charge in [0.15, 0.2) is 5.12 Å². The molecule has 0 saturated heterocycles. The van der Waals surface area contributed by atoms with Gasteiger partial charge in [-0.25, -0.2) is 4.79 Å². The van der Waals surface area contributed by atoms with E-state index in [1.54, 1.807) is 25.1 Å². The van der Waals surface area contributed by atoms with Crippen LogP contribution < -0.4 is 0 Å².